The summed E-state index contributed by atoms with van der Waals surface area (Å²) in [6.45, 7) is 12.1. The molecule has 0 aliphatic heterocycles. The lowest BCUT2D eigenvalue weighted by Crippen LogP contribution is -2.45. The van der Waals surface area contributed by atoms with Crippen LogP contribution in [-0.2, 0) is 11.2 Å². The number of hydrogen-bond donors (Lipinski definition) is 1. The van der Waals surface area contributed by atoms with Crippen LogP contribution in [-0.4, -0.2) is 25.3 Å². The fourth-order valence-electron chi connectivity index (χ4n) is 2.66. The van der Waals surface area contributed by atoms with Crippen LogP contribution < -0.4 is 5.32 Å². The molecule has 0 spiro atoms. The number of benzene rings is 1. The van der Waals surface area contributed by atoms with Crippen molar-refractivity contribution in [3.63, 3.8) is 0 Å². The van der Waals surface area contributed by atoms with Gasteiger partial charge >= 0.3 is 0 Å². The lowest BCUT2D eigenvalue weighted by Gasteiger charge is -2.31. The highest BCUT2D eigenvalue weighted by atomic mass is 19.1. The Bertz CT molecular complexity index is 406. The van der Waals surface area contributed by atoms with E-state index in [4.69, 9.17) is 4.74 Å². The maximum absolute atomic E-state index is 13.2. The van der Waals surface area contributed by atoms with Crippen LogP contribution in [0.3, 0.4) is 0 Å². The Kier molecular flexibility index (Phi) is 7.17. The fourth-order valence-corrected chi connectivity index (χ4v) is 2.66. The summed E-state index contributed by atoms with van der Waals surface area (Å²) in [5, 5.41) is 3.52. The second-order valence-electron chi connectivity index (χ2n) is 5.60. The third kappa shape index (κ3) is 4.88. The number of halogens is 1. The van der Waals surface area contributed by atoms with Crippen LogP contribution in [0.15, 0.2) is 18.2 Å². The first kappa shape index (κ1) is 17.1. The Morgan fingerprint density at radius 1 is 1.25 bits per heavy atom. The Morgan fingerprint density at radius 2 is 1.95 bits per heavy atom. The second-order valence-corrected chi connectivity index (χ2v) is 5.60. The van der Waals surface area contributed by atoms with Crippen molar-refractivity contribution in [3.8, 4) is 0 Å². The second kappa shape index (κ2) is 8.38. The minimum atomic E-state index is -0.170. The Balaban J connectivity index is 2.89. The molecule has 0 aliphatic carbocycles. The van der Waals surface area contributed by atoms with Crippen LogP contribution in [0.5, 0.6) is 0 Å². The normalized spacial score (nSPS) is 14.6. The van der Waals surface area contributed by atoms with Gasteiger partial charge in [-0.2, -0.15) is 0 Å². The molecule has 2 nitrogen and oxygen atoms in total. The molecule has 3 heteroatoms. The molecule has 0 bridgehead atoms. The van der Waals surface area contributed by atoms with E-state index in [1.165, 1.54) is 11.6 Å². The quantitative estimate of drug-likeness (QED) is 0.784. The third-order valence-corrected chi connectivity index (χ3v) is 3.62. The van der Waals surface area contributed by atoms with Crippen molar-refractivity contribution in [1.29, 1.82) is 0 Å². The van der Waals surface area contributed by atoms with Gasteiger partial charge in [-0.15, -0.1) is 0 Å². The van der Waals surface area contributed by atoms with E-state index in [9.17, 15) is 4.39 Å². The van der Waals surface area contributed by atoms with Crippen molar-refractivity contribution >= 4 is 0 Å². The zero-order valence-electron chi connectivity index (χ0n) is 13.4. The molecule has 0 fully saturated rings. The average Bonchev–Trinajstić information content (AvgIpc) is 2.38. The van der Waals surface area contributed by atoms with E-state index in [1.807, 2.05) is 19.9 Å². The highest BCUT2D eigenvalue weighted by molar-refractivity contribution is 5.27. The largest absolute Gasteiger partial charge is 0.377 e. The van der Waals surface area contributed by atoms with Crippen molar-refractivity contribution in [3.05, 3.63) is 35.1 Å². The first-order chi connectivity index (χ1) is 9.49. The summed E-state index contributed by atoms with van der Waals surface area (Å²) >= 11 is 0. The summed E-state index contributed by atoms with van der Waals surface area (Å²) in [5.41, 5.74) is 2.19. The van der Waals surface area contributed by atoms with Crippen LogP contribution in [0.2, 0.25) is 0 Å². The molecule has 0 amide bonds. The van der Waals surface area contributed by atoms with Crippen molar-refractivity contribution in [2.24, 2.45) is 5.92 Å². The molecule has 2 unspecified atom stereocenters. The minimum Gasteiger partial charge on any atom is -0.377 e. The maximum atomic E-state index is 13.2. The van der Waals surface area contributed by atoms with Crippen molar-refractivity contribution in [2.45, 2.75) is 53.2 Å². The zero-order valence-corrected chi connectivity index (χ0v) is 13.4. The summed E-state index contributed by atoms with van der Waals surface area (Å²) < 4.78 is 19.1. The molecular weight excluding hydrogens is 253 g/mol. The number of aryl methyl sites for hydroxylation is 1. The molecule has 0 saturated heterocycles. The standard InChI is InChI=1S/C17H28FNO/c1-6-19-16(17(12(3)4)20-7-2)11-14-8-9-15(18)10-13(14)5/h8-10,12,16-17,19H,6-7,11H2,1-5H3. The van der Waals surface area contributed by atoms with Crippen molar-refractivity contribution in [2.75, 3.05) is 13.2 Å². The third-order valence-electron chi connectivity index (χ3n) is 3.62. The van der Waals surface area contributed by atoms with E-state index < -0.39 is 0 Å². The van der Waals surface area contributed by atoms with Crippen LogP contribution in [0.25, 0.3) is 0 Å². The molecule has 0 saturated carbocycles. The van der Waals surface area contributed by atoms with E-state index in [0.717, 1.165) is 18.5 Å². The maximum Gasteiger partial charge on any atom is 0.123 e. The summed E-state index contributed by atoms with van der Waals surface area (Å²) in [6.07, 6.45) is 1.03. The molecule has 0 radical (unpaired) electrons. The fraction of sp³-hybridized carbons (Fsp3) is 0.647. The molecule has 0 aromatic heterocycles. The Labute approximate surface area is 122 Å². The van der Waals surface area contributed by atoms with E-state index in [-0.39, 0.29) is 18.0 Å². The van der Waals surface area contributed by atoms with Gasteiger partial charge < -0.3 is 10.1 Å². The van der Waals surface area contributed by atoms with Crippen molar-refractivity contribution < 1.29 is 9.13 Å². The van der Waals surface area contributed by atoms with E-state index in [0.29, 0.717) is 12.5 Å². The SMILES string of the molecule is CCNC(Cc1ccc(F)cc1C)C(OCC)C(C)C. The van der Waals surface area contributed by atoms with E-state index in [2.05, 4.69) is 26.1 Å². The first-order valence-corrected chi connectivity index (χ1v) is 7.59. The van der Waals surface area contributed by atoms with Gasteiger partial charge in [-0.3, -0.25) is 0 Å². The monoisotopic (exact) mass is 281 g/mol. The lowest BCUT2D eigenvalue weighted by molar-refractivity contribution is 0.00392. The molecule has 114 valence electrons. The molecule has 2 atom stereocenters. The van der Waals surface area contributed by atoms with Gasteiger partial charge in [0.1, 0.15) is 5.82 Å². The summed E-state index contributed by atoms with van der Waals surface area (Å²) in [5.74, 6) is 0.274. The predicted molar refractivity (Wildman–Crippen MR) is 82.6 cm³/mol. The van der Waals surface area contributed by atoms with Crippen LogP contribution in [0, 0.1) is 18.7 Å². The minimum absolute atomic E-state index is 0.170. The van der Waals surface area contributed by atoms with Crippen LogP contribution >= 0.6 is 0 Å². The van der Waals surface area contributed by atoms with Gasteiger partial charge in [-0.05, 0) is 56.0 Å². The van der Waals surface area contributed by atoms with Crippen LogP contribution in [0.1, 0.15) is 38.8 Å². The summed E-state index contributed by atoms with van der Waals surface area (Å²) in [7, 11) is 0. The predicted octanol–water partition coefficient (Wildman–Crippen LogP) is 3.72. The highest BCUT2D eigenvalue weighted by Crippen LogP contribution is 2.18. The zero-order chi connectivity index (χ0) is 15.1. The molecule has 20 heavy (non-hydrogen) atoms. The highest BCUT2D eigenvalue weighted by Gasteiger charge is 2.25. The van der Waals surface area contributed by atoms with Crippen LogP contribution in [0.4, 0.5) is 4.39 Å². The molecule has 1 rings (SSSR count). The number of ether oxygens (including phenoxy) is 1. The van der Waals surface area contributed by atoms with E-state index >= 15 is 0 Å². The number of hydrogen-bond acceptors (Lipinski definition) is 2. The first-order valence-electron chi connectivity index (χ1n) is 7.59. The summed E-state index contributed by atoms with van der Waals surface area (Å²) in [6, 6.07) is 5.28. The number of rotatable bonds is 8. The van der Waals surface area contributed by atoms with Gasteiger partial charge in [0, 0.05) is 12.6 Å². The average molecular weight is 281 g/mol. The molecular formula is C17H28FNO. The lowest BCUT2D eigenvalue weighted by atomic mass is 9.92. The molecule has 0 heterocycles. The Hall–Kier alpha value is -0.930. The number of nitrogens with one attached hydrogen (secondary N) is 1. The summed E-state index contributed by atoms with van der Waals surface area (Å²) in [4.78, 5) is 0. The molecule has 1 aromatic rings. The molecule has 1 aromatic carbocycles. The molecule has 0 aliphatic rings. The van der Waals surface area contributed by atoms with Crippen molar-refractivity contribution in [1.82, 2.24) is 5.32 Å². The van der Waals surface area contributed by atoms with Gasteiger partial charge in [0.2, 0.25) is 0 Å². The van der Waals surface area contributed by atoms with E-state index in [1.54, 1.807) is 6.07 Å². The van der Waals surface area contributed by atoms with Gasteiger partial charge in [0.15, 0.2) is 0 Å². The topological polar surface area (TPSA) is 21.3 Å². The molecule has 1 N–H and O–H groups in total. The van der Waals surface area contributed by atoms with Gasteiger partial charge in [0.05, 0.1) is 6.10 Å². The Morgan fingerprint density at radius 3 is 2.45 bits per heavy atom. The smallest absolute Gasteiger partial charge is 0.123 e. The van der Waals surface area contributed by atoms with Gasteiger partial charge in [0.25, 0.3) is 0 Å². The van der Waals surface area contributed by atoms with Gasteiger partial charge in [-0.1, -0.05) is 26.8 Å². The number of likely N-dealkylation sites (N-methyl/N-ethyl adjacent to an activating group) is 1. The van der Waals surface area contributed by atoms with Gasteiger partial charge in [-0.25, -0.2) is 4.39 Å².